The molecule has 1 fully saturated rings. The van der Waals surface area contributed by atoms with E-state index in [1.807, 2.05) is 23.8 Å². The fourth-order valence-electron chi connectivity index (χ4n) is 2.37. The highest BCUT2D eigenvalue weighted by Gasteiger charge is 2.19. The van der Waals surface area contributed by atoms with E-state index in [9.17, 15) is 4.79 Å². The number of aromatic nitrogens is 1. The average Bonchev–Trinajstić information content (AvgIpc) is 2.39. The highest BCUT2D eigenvalue weighted by molar-refractivity contribution is 5.17. The molecule has 4 heteroatoms. The Balaban J connectivity index is 2.15. The molecule has 0 aromatic carbocycles. The van der Waals surface area contributed by atoms with Gasteiger partial charge in [-0.2, -0.15) is 0 Å². The highest BCUT2D eigenvalue weighted by atomic mass is 16.5. The van der Waals surface area contributed by atoms with Crippen LogP contribution in [0.1, 0.15) is 32.2 Å². The smallest absolute Gasteiger partial charge is 0.293 e. The van der Waals surface area contributed by atoms with Crippen LogP contribution in [-0.4, -0.2) is 36.2 Å². The largest absolute Gasteiger partial charge is 0.488 e. The predicted molar refractivity (Wildman–Crippen MR) is 72.3 cm³/mol. The molecular weight excluding hydrogens is 228 g/mol. The van der Waals surface area contributed by atoms with Gasteiger partial charge in [-0.25, -0.2) is 0 Å². The molecule has 0 bridgehead atoms. The van der Waals surface area contributed by atoms with Crippen molar-refractivity contribution in [3.8, 4) is 5.75 Å². The first-order valence-corrected chi connectivity index (χ1v) is 6.75. The third-order valence-electron chi connectivity index (χ3n) is 3.48. The number of hydrogen-bond acceptors (Lipinski definition) is 3. The van der Waals surface area contributed by atoms with Gasteiger partial charge in [0.1, 0.15) is 0 Å². The molecule has 1 aliphatic rings. The zero-order valence-corrected chi connectivity index (χ0v) is 11.3. The lowest BCUT2D eigenvalue weighted by molar-refractivity contribution is 0.216. The topological polar surface area (TPSA) is 34.5 Å². The third-order valence-corrected chi connectivity index (χ3v) is 3.48. The highest BCUT2D eigenvalue weighted by Crippen LogP contribution is 2.20. The Morgan fingerprint density at radius 3 is 2.78 bits per heavy atom. The Morgan fingerprint density at radius 2 is 2.11 bits per heavy atom. The molecule has 0 atom stereocenters. The molecule has 0 unspecified atom stereocenters. The second kappa shape index (κ2) is 6.05. The van der Waals surface area contributed by atoms with Gasteiger partial charge in [0.2, 0.25) is 0 Å². The van der Waals surface area contributed by atoms with Crippen LogP contribution in [0.25, 0.3) is 0 Å². The standard InChI is InChI=1S/C14H22N2O2/c1-3-11-18-13-5-4-8-16(14(13)17)12-6-9-15(2)10-7-12/h4-5,8,12H,3,6-7,9-11H2,1-2H3. The fourth-order valence-corrected chi connectivity index (χ4v) is 2.37. The van der Waals surface area contributed by atoms with Crippen molar-refractivity contribution >= 4 is 0 Å². The Kier molecular flexibility index (Phi) is 4.42. The number of hydrogen-bond donors (Lipinski definition) is 0. The van der Waals surface area contributed by atoms with Gasteiger partial charge in [0.05, 0.1) is 6.61 Å². The Bertz CT molecular complexity index is 434. The SMILES string of the molecule is CCCOc1cccn(C2CCN(C)CC2)c1=O. The molecule has 0 saturated carbocycles. The number of likely N-dealkylation sites (tertiary alicyclic amines) is 1. The number of piperidine rings is 1. The van der Waals surface area contributed by atoms with Crippen LogP contribution in [-0.2, 0) is 0 Å². The Labute approximate surface area is 108 Å². The van der Waals surface area contributed by atoms with Gasteiger partial charge in [0.25, 0.3) is 5.56 Å². The van der Waals surface area contributed by atoms with Gasteiger partial charge in [0.15, 0.2) is 5.75 Å². The maximum atomic E-state index is 12.3. The van der Waals surface area contributed by atoms with E-state index in [0.717, 1.165) is 32.4 Å². The number of ether oxygens (including phenoxy) is 1. The molecule has 1 aromatic rings. The molecule has 2 rings (SSSR count). The van der Waals surface area contributed by atoms with E-state index in [4.69, 9.17) is 4.74 Å². The number of nitrogens with zero attached hydrogens (tertiary/aromatic N) is 2. The average molecular weight is 250 g/mol. The molecule has 0 spiro atoms. The fraction of sp³-hybridized carbons (Fsp3) is 0.643. The zero-order valence-electron chi connectivity index (χ0n) is 11.3. The molecule has 0 amide bonds. The normalized spacial score (nSPS) is 17.9. The summed E-state index contributed by atoms with van der Waals surface area (Å²) < 4.78 is 7.34. The molecule has 1 aromatic heterocycles. The summed E-state index contributed by atoms with van der Waals surface area (Å²) in [6.45, 7) is 4.75. The molecular formula is C14H22N2O2. The van der Waals surface area contributed by atoms with Crippen molar-refractivity contribution in [1.29, 1.82) is 0 Å². The lowest BCUT2D eigenvalue weighted by Gasteiger charge is -2.30. The molecule has 1 aliphatic heterocycles. The molecule has 0 radical (unpaired) electrons. The summed E-state index contributed by atoms with van der Waals surface area (Å²) in [5, 5.41) is 0. The van der Waals surface area contributed by atoms with Crippen molar-refractivity contribution in [3.63, 3.8) is 0 Å². The lowest BCUT2D eigenvalue weighted by atomic mass is 10.1. The second-order valence-electron chi connectivity index (χ2n) is 4.97. The van der Waals surface area contributed by atoms with Crippen LogP contribution in [0, 0.1) is 0 Å². The minimum Gasteiger partial charge on any atom is -0.488 e. The van der Waals surface area contributed by atoms with E-state index in [-0.39, 0.29) is 5.56 Å². The van der Waals surface area contributed by atoms with Crippen molar-refractivity contribution < 1.29 is 4.74 Å². The van der Waals surface area contributed by atoms with Crippen molar-refractivity contribution in [3.05, 3.63) is 28.7 Å². The first-order chi connectivity index (χ1) is 8.72. The Morgan fingerprint density at radius 1 is 1.39 bits per heavy atom. The zero-order chi connectivity index (χ0) is 13.0. The van der Waals surface area contributed by atoms with Crippen molar-refractivity contribution in [2.24, 2.45) is 0 Å². The molecule has 4 nitrogen and oxygen atoms in total. The maximum Gasteiger partial charge on any atom is 0.293 e. The minimum atomic E-state index is 0.0144. The van der Waals surface area contributed by atoms with Gasteiger partial charge in [-0.05, 0) is 51.5 Å². The molecule has 0 aliphatic carbocycles. The van der Waals surface area contributed by atoms with E-state index in [1.165, 1.54) is 0 Å². The van der Waals surface area contributed by atoms with Gasteiger partial charge in [-0.1, -0.05) is 6.92 Å². The molecule has 100 valence electrons. The first kappa shape index (κ1) is 13.1. The summed E-state index contributed by atoms with van der Waals surface area (Å²) in [4.78, 5) is 14.6. The number of rotatable bonds is 4. The Hall–Kier alpha value is -1.29. The monoisotopic (exact) mass is 250 g/mol. The van der Waals surface area contributed by atoms with Crippen LogP contribution in [0.5, 0.6) is 5.75 Å². The van der Waals surface area contributed by atoms with Gasteiger partial charge in [-0.3, -0.25) is 4.79 Å². The van der Waals surface area contributed by atoms with E-state index in [2.05, 4.69) is 11.9 Å². The lowest BCUT2D eigenvalue weighted by Crippen LogP contribution is -2.35. The van der Waals surface area contributed by atoms with Crippen LogP contribution in [0.4, 0.5) is 0 Å². The van der Waals surface area contributed by atoms with Gasteiger partial charge >= 0.3 is 0 Å². The van der Waals surface area contributed by atoms with E-state index in [1.54, 1.807) is 6.07 Å². The summed E-state index contributed by atoms with van der Waals surface area (Å²) in [6.07, 6.45) is 4.88. The molecule has 0 N–H and O–H groups in total. The predicted octanol–water partition coefficient (Wildman–Crippen LogP) is 1.90. The van der Waals surface area contributed by atoms with Crippen LogP contribution < -0.4 is 10.3 Å². The summed E-state index contributed by atoms with van der Waals surface area (Å²) in [7, 11) is 2.12. The van der Waals surface area contributed by atoms with Crippen LogP contribution in [0.15, 0.2) is 23.1 Å². The van der Waals surface area contributed by atoms with Crippen LogP contribution in [0.2, 0.25) is 0 Å². The second-order valence-corrected chi connectivity index (χ2v) is 4.97. The maximum absolute atomic E-state index is 12.3. The number of pyridine rings is 1. The summed E-state index contributed by atoms with van der Waals surface area (Å²) in [6, 6.07) is 3.99. The molecule has 1 saturated heterocycles. The van der Waals surface area contributed by atoms with Crippen molar-refractivity contribution in [2.75, 3.05) is 26.7 Å². The van der Waals surface area contributed by atoms with Crippen LogP contribution in [0.3, 0.4) is 0 Å². The minimum absolute atomic E-state index is 0.0144. The summed E-state index contributed by atoms with van der Waals surface area (Å²) in [5.74, 6) is 0.485. The third kappa shape index (κ3) is 2.93. The van der Waals surface area contributed by atoms with E-state index in [0.29, 0.717) is 18.4 Å². The first-order valence-electron chi connectivity index (χ1n) is 6.75. The van der Waals surface area contributed by atoms with Gasteiger partial charge < -0.3 is 14.2 Å². The summed E-state index contributed by atoms with van der Waals surface area (Å²) >= 11 is 0. The van der Waals surface area contributed by atoms with Crippen molar-refractivity contribution in [2.45, 2.75) is 32.2 Å². The summed E-state index contributed by atoms with van der Waals surface area (Å²) in [5.41, 5.74) is 0.0144. The van der Waals surface area contributed by atoms with Crippen molar-refractivity contribution in [1.82, 2.24) is 9.47 Å². The van der Waals surface area contributed by atoms with Crippen LogP contribution >= 0.6 is 0 Å². The molecule has 18 heavy (non-hydrogen) atoms. The molecule has 2 heterocycles. The van der Waals surface area contributed by atoms with E-state index < -0.39 is 0 Å². The van der Waals surface area contributed by atoms with Gasteiger partial charge in [0, 0.05) is 12.2 Å². The van der Waals surface area contributed by atoms with Gasteiger partial charge in [-0.15, -0.1) is 0 Å². The quantitative estimate of drug-likeness (QED) is 0.818. The van der Waals surface area contributed by atoms with E-state index >= 15 is 0 Å².